The number of ether oxygens (including phenoxy) is 2. The highest BCUT2D eigenvalue weighted by molar-refractivity contribution is 5.92. The van der Waals surface area contributed by atoms with Crippen molar-refractivity contribution in [3.05, 3.63) is 23.9 Å². The Morgan fingerprint density at radius 2 is 2.42 bits per heavy atom. The van der Waals surface area contributed by atoms with Crippen LogP contribution in [-0.4, -0.2) is 50.4 Å². The maximum Gasteiger partial charge on any atom is 0.270 e. The van der Waals surface area contributed by atoms with Gasteiger partial charge in [0.25, 0.3) is 5.91 Å². The normalized spacial score (nSPS) is 22.2. The van der Waals surface area contributed by atoms with Crippen molar-refractivity contribution in [2.24, 2.45) is 0 Å². The van der Waals surface area contributed by atoms with Crippen LogP contribution in [0.15, 0.2) is 18.2 Å². The molecule has 1 aliphatic rings. The third-order valence-electron chi connectivity index (χ3n) is 3.31. The molecule has 1 fully saturated rings. The van der Waals surface area contributed by atoms with E-state index in [9.17, 15) is 4.79 Å². The highest BCUT2D eigenvalue weighted by atomic mass is 16.5. The summed E-state index contributed by atoms with van der Waals surface area (Å²) in [7, 11) is 3.40. The molecule has 0 saturated carbocycles. The van der Waals surface area contributed by atoms with Crippen molar-refractivity contribution in [2.75, 3.05) is 39.2 Å². The number of rotatable bonds is 5. The lowest BCUT2D eigenvalue weighted by molar-refractivity contribution is -0.0149. The summed E-state index contributed by atoms with van der Waals surface area (Å²) in [5.41, 5.74) is -0.0203. The molecular weight excluding hydrogens is 246 g/mol. The first-order valence-electron chi connectivity index (χ1n) is 6.25. The van der Waals surface area contributed by atoms with Crippen molar-refractivity contribution >= 4 is 11.7 Å². The average Bonchev–Trinajstić information content (AvgIpc) is 2.94. The second kappa shape index (κ2) is 5.99. The molecule has 6 nitrogen and oxygen atoms in total. The molecule has 2 rings (SSSR count). The quantitative estimate of drug-likeness (QED) is 0.818. The minimum Gasteiger partial charge on any atom is -0.378 e. The smallest absolute Gasteiger partial charge is 0.270 e. The Morgan fingerprint density at radius 1 is 1.58 bits per heavy atom. The van der Waals surface area contributed by atoms with Crippen LogP contribution < -0.4 is 10.6 Å². The molecule has 1 aromatic heterocycles. The molecule has 0 spiro atoms. The van der Waals surface area contributed by atoms with Crippen LogP contribution in [-0.2, 0) is 9.47 Å². The van der Waals surface area contributed by atoms with Crippen LogP contribution in [0.4, 0.5) is 5.82 Å². The van der Waals surface area contributed by atoms with Crippen molar-refractivity contribution in [1.29, 1.82) is 0 Å². The van der Waals surface area contributed by atoms with Crippen LogP contribution in [0.3, 0.4) is 0 Å². The summed E-state index contributed by atoms with van der Waals surface area (Å²) in [5.74, 6) is 0.457. The molecule has 2 heterocycles. The maximum atomic E-state index is 12.0. The molecule has 1 unspecified atom stereocenters. The summed E-state index contributed by atoms with van der Waals surface area (Å²) in [6.07, 6.45) is 0.785. The van der Waals surface area contributed by atoms with Gasteiger partial charge in [-0.3, -0.25) is 4.79 Å². The first kappa shape index (κ1) is 13.8. The number of carbonyl (C=O) groups excluding carboxylic acids is 1. The van der Waals surface area contributed by atoms with Gasteiger partial charge in [0.05, 0.1) is 6.61 Å². The van der Waals surface area contributed by atoms with Crippen molar-refractivity contribution in [2.45, 2.75) is 12.0 Å². The summed E-state index contributed by atoms with van der Waals surface area (Å²) >= 11 is 0. The van der Waals surface area contributed by atoms with E-state index in [0.717, 1.165) is 6.42 Å². The monoisotopic (exact) mass is 265 g/mol. The molecule has 1 saturated heterocycles. The van der Waals surface area contributed by atoms with Crippen LogP contribution in [0.5, 0.6) is 0 Å². The Labute approximate surface area is 112 Å². The number of anilines is 1. The number of nitrogens with one attached hydrogen (secondary N) is 2. The summed E-state index contributed by atoms with van der Waals surface area (Å²) in [6, 6.07) is 5.28. The standard InChI is InChI=1S/C13H19N3O3/c1-14-11-5-3-4-10(16-11)12(17)15-8-13(18-2)6-7-19-9-13/h3-5H,6-9H2,1-2H3,(H,14,16)(H,15,17). The summed E-state index contributed by atoms with van der Waals surface area (Å²) < 4.78 is 10.8. The topological polar surface area (TPSA) is 72.5 Å². The number of pyridine rings is 1. The highest BCUT2D eigenvalue weighted by Gasteiger charge is 2.35. The number of aromatic nitrogens is 1. The van der Waals surface area contributed by atoms with Gasteiger partial charge in [0.1, 0.15) is 17.1 Å². The van der Waals surface area contributed by atoms with Crippen LogP contribution >= 0.6 is 0 Å². The summed E-state index contributed by atoms with van der Waals surface area (Å²) in [4.78, 5) is 16.2. The predicted octanol–water partition coefficient (Wildman–Crippen LogP) is 0.659. The first-order chi connectivity index (χ1) is 9.19. The fourth-order valence-electron chi connectivity index (χ4n) is 1.99. The van der Waals surface area contributed by atoms with Crippen LogP contribution in [0.1, 0.15) is 16.9 Å². The van der Waals surface area contributed by atoms with Crippen molar-refractivity contribution in [3.8, 4) is 0 Å². The van der Waals surface area contributed by atoms with Gasteiger partial charge in [-0.2, -0.15) is 0 Å². The van der Waals surface area contributed by atoms with E-state index in [-0.39, 0.29) is 5.91 Å². The number of nitrogens with zero attached hydrogens (tertiary/aromatic N) is 1. The van der Waals surface area contributed by atoms with Gasteiger partial charge in [-0.05, 0) is 12.1 Å². The number of amides is 1. The lowest BCUT2D eigenvalue weighted by Crippen LogP contribution is -2.45. The largest absolute Gasteiger partial charge is 0.378 e. The average molecular weight is 265 g/mol. The lowest BCUT2D eigenvalue weighted by Gasteiger charge is -2.25. The maximum absolute atomic E-state index is 12.0. The number of carbonyl (C=O) groups is 1. The third kappa shape index (κ3) is 3.21. The molecule has 19 heavy (non-hydrogen) atoms. The summed E-state index contributed by atoms with van der Waals surface area (Å²) in [6.45, 7) is 1.60. The molecule has 0 radical (unpaired) electrons. The molecule has 6 heteroatoms. The molecule has 1 amide bonds. The van der Waals surface area contributed by atoms with Crippen molar-refractivity contribution < 1.29 is 14.3 Å². The molecular formula is C13H19N3O3. The molecule has 1 atom stereocenters. The van der Waals surface area contributed by atoms with Crippen molar-refractivity contribution in [3.63, 3.8) is 0 Å². The zero-order chi connectivity index (χ0) is 13.7. The van der Waals surface area contributed by atoms with E-state index >= 15 is 0 Å². The third-order valence-corrected chi connectivity index (χ3v) is 3.31. The first-order valence-corrected chi connectivity index (χ1v) is 6.25. The zero-order valence-electron chi connectivity index (χ0n) is 11.2. The molecule has 0 aliphatic carbocycles. The van der Waals surface area contributed by atoms with Crippen LogP contribution in [0.25, 0.3) is 0 Å². The SMILES string of the molecule is CNc1cccc(C(=O)NCC2(OC)CCOC2)n1. The van der Waals surface area contributed by atoms with E-state index in [4.69, 9.17) is 9.47 Å². The van der Waals surface area contributed by atoms with E-state index in [1.54, 1.807) is 32.4 Å². The number of hydrogen-bond acceptors (Lipinski definition) is 5. The van der Waals surface area contributed by atoms with E-state index in [1.165, 1.54) is 0 Å². The van der Waals surface area contributed by atoms with Gasteiger partial charge < -0.3 is 20.1 Å². The fourth-order valence-corrected chi connectivity index (χ4v) is 1.99. The molecule has 1 aromatic rings. The van der Waals surface area contributed by atoms with Crippen LogP contribution in [0, 0.1) is 0 Å². The molecule has 104 valence electrons. The number of methoxy groups -OCH3 is 1. The highest BCUT2D eigenvalue weighted by Crippen LogP contribution is 2.21. The van der Waals surface area contributed by atoms with E-state index in [0.29, 0.717) is 31.3 Å². The zero-order valence-corrected chi connectivity index (χ0v) is 11.2. The molecule has 0 bridgehead atoms. The minimum atomic E-state index is -0.406. The van der Waals surface area contributed by atoms with E-state index < -0.39 is 5.60 Å². The Morgan fingerprint density at radius 3 is 3.05 bits per heavy atom. The predicted molar refractivity (Wildman–Crippen MR) is 71.3 cm³/mol. The van der Waals surface area contributed by atoms with E-state index in [2.05, 4.69) is 15.6 Å². The van der Waals surface area contributed by atoms with E-state index in [1.807, 2.05) is 0 Å². The van der Waals surface area contributed by atoms with Crippen LogP contribution in [0.2, 0.25) is 0 Å². The molecule has 0 aromatic carbocycles. The Kier molecular flexibility index (Phi) is 4.34. The molecule has 1 aliphatic heterocycles. The van der Waals surface area contributed by atoms with Crippen molar-refractivity contribution in [1.82, 2.24) is 10.3 Å². The second-order valence-corrected chi connectivity index (χ2v) is 4.53. The Hall–Kier alpha value is -1.66. The van der Waals surface area contributed by atoms with Gasteiger partial charge in [0.2, 0.25) is 0 Å². The second-order valence-electron chi connectivity index (χ2n) is 4.53. The van der Waals surface area contributed by atoms with Gasteiger partial charge >= 0.3 is 0 Å². The Bertz CT molecular complexity index is 445. The summed E-state index contributed by atoms with van der Waals surface area (Å²) in [5, 5.41) is 5.75. The van der Waals surface area contributed by atoms with Gasteiger partial charge in [-0.15, -0.1) is 0 Å². The number of hydrogen-bond donors (Lipinski definition) is 2. The fraction of sp³-hybridized carbons (Fsp3) is 0.538. The Balaban J connectivity index is 1.97. The molecule has 2 N–H and O–H groups in total. The van der Waals surface area contributed by atoms with Gasteiger partial charge in [-0.1, -0.05) is 6.07 Å². The van der Waals surface area contributed by atoms with Gasteiger partial charge in [-0.25, -0.2) is 4.98 Å². The lowest BCUT2D eigenvalue weighted by atomic mass is 10.0. The minimum absolute atomic E-state index is 0.208. The van der Waals surface area contributed by atoms with Gasteiger partial charge in [0.15, 0.2) is 0 Å². The van der Waals surface area contributed by atoms with Gasteiger partial charge in [0, 0.05) is 33.7 Å².